The van der Waals surface area contributed by atoms with E-state index in [1.54, 1.807) is 35.1 Å². The maximum absolute atomic E-state index is 13.2. The molecule has 0 spiro atoms. The van der Waals surface area contributed by atoms with Crippen molar-refractivity contribution in [2.75, 3.05) is 5.32 Å². The average molecular weight is 424 g/mol. The van der Waals surface area contributed by atoms with Crippen LogP contribution in [0.1, 0.15) is 24.2 Å². The van der Waals surface area contributed by atoms with Crippen molar-refractivity contribution < 1.29 is 4.39 Å². The Bertz CT molecular complexity index is 1230. The van der Waals surface area contributed by atoms with E-state index in [2.05, 4.69) is 15.5 Å². The van der Waals surface area contributed by atoms with Crippen molar-refractivity contribution in [3.63, 3.8) is 0 Å². The maximum Gasteiger partial charge on any atom is 0.292 e. The standard InChI is InChI=1S/C22H19ClFN5O/c1-14(19-12-25-28(15(19)2)18-10-8-16(24)9-11-18)27-20-13-26-29(22(30)21(20)23)17-6-4-3-5-7-17/h3-14,27H,1-2H3. The molecule has 0 aliphatic rings. The Morgan fingerprint density at radius 2 is 1.60 bits per heavy atom. The van der Waals surface area contributed by atoms with Crippen LogP contribution in [0.2, 0.25) is 5.02 Å². The smallest absolute Gasteiger partial charge is 0.292 e. The summed E-state index contributed by atoms with van der Waals surface area (Å²) in [5.41, 5.74) is 3.25. The van der Waals surface area contributed by atoms with Gasteiger partial charge in [-0.2, -0.15) is 14.9 Å². The maximum atomic E-state index is 13.2. The lowest BCUT2D eigenvalue weighted by atomic mass is 10.1. The van der Waals surface area contributed by atoms with Gasteiger partial charge in [-0.15, -0.1) is 0 Å². The summed E-state index contributed by atoms with van der Waals surface area (Å²) in [7, 11) is 0. The highest BCUT2D eigenvalue weighted by Crippen LogP contribution is 2.26. The van der Waals surface area contributed by atoms with Gasteiger partial charge >= 0.3 is 0 Å². The number of hydrogen-bond acceptors (Lipinski definition) is 4. The number of rotatable bonds is 5. The molecule has 1 unspecified atom stereocenters. The van der Waals surface area contributed by atoms with E-state index < -0.39 is 5.56 Å². The van der Waals surface area contributed by atoms with Crippen molar-refractivity contribution in [3.05, 3.63) is 99.4 Å². The van der Waals surface area contributed by atoms with Crippen LogP contribution in [0, 0.1) is 12.7 Å². The second-order valence-electron chi connectivity index (χ2n) is 6.86. The Kier molecular flexibility index (Phi) is 5.37. The summed E-state index contributed by atoms with van der Waals surface area (Å²) >= 11 is 6.34. The average Bonchev–Trinajstić information content (AvgIpc) is 3.14. The van der Waals surface area contributed by atoms with Crippen molar-refractivity contribution in [3.8, 4) is 11.4 Å². The molecule has 2 heterocycles. The predicted octanol–water partition coefficient (Wildman–Crippen LogP) is 4.69. The number of aromatic nitrogens is 4. The summed E-state index contributed by atoms with van der Waals surface area (Å²) in [5, 5.41) is 12.0. The molecule has 2 aromatic carbocycles. The van der Waals surface area contributed by atoms with E-state index in [0.29, 0.717) is 11.4 Å². The number of anilines is 1. The second kappa shape index (κ2) is 8.12. The first-order valence-electron chi connectivity index (χ1n) is 9.36. The first-order valence-corrected chi connectivity index (χ1v) is 9.73. The van der Waals surface area contributed by atoms with Crippen LogP contribution in [0.4, 0.5) is 10.1 Å². The van der Waals surface area contributed by atoms with E-state index in [0.717, 1.165) is 16.9 Å². The Balaban J connectivity index is 1.60. The first kappa shape index (κ1) is 19.8. The molecule has 6 nitrogen and oxygen atoms in total. The number of para-hydroxylation sites is 1. The van der Waals surface area contributed by atoms with Crippen LogP contribution in [0.5, 0.6) is 0 Å². The molecular formula is C22H19ClFN5O. The Hall–Kier alpha value is -3.45. The summed E-state index contributed by atoms with van der Waals surface area (Å²) in [6.07, 6.45) is 3.27. The minimum atomic E-state index is -0.404. The topological polar surface area (TPSA) is 64.7 Å². The molecule has 0 radical (unpaired) electrons. The second-order valence-corrected chi connectivity index (χ2v) is 7.24. The Morgan fingerprint density at radius 1 is 0.967 bits per heavy atom. The SMILES string of the molecule is Cc1c(C(C)Nc2cnn(-c3ccccc3)c(=O)c2Cl)cnn1-c1ccc(F)cc1. The molecule has 0 amide bonds. The van der Waals surface area contributed by atoms with E-state index in [1.807, 2.05) is 32.0 Å². The van der Waals surface area contributed by atoms with Gasteiger partial charge in [-0.05, 0) is 50.2 Å². The van der Waals surface area contributed by atoms with Crippen LogP contribution in [0.15, 0.2) is 71.8 Å². The summed E-state index contributed by atoms with van der Waals surface area (Å²) in [6.45, 7) is 3.87. The zero-order valence-corrected chi connectivity index (χ0v) is 17.1. The molecule has 2 aromatic heterocycles. The fourth-order valence-corrected chi connectivity index (χ4v) is 3.47. The number of halogens is 2. The molecule has 0 aliphatic carbocycles. The van der Waals surface area contributed by atoms with E-state index in [4.69, 9.17) is 11.6 Å². The molecule has 152 valence electrons. The van der Waals surface area contributed by atoms with E-state index in [-0.39, 0.29) is 16.9 Å². The largest absolute Gasteiger partial charge is 0.376 e. The third kappa shape index (κ3) is 3.71. The van der Waals surface area contributed by atoms with Crippen LogP contribution >= 0.6 is 11.6 Å². The molecule has 0 saturated heterocycles. The van der Waals surface area contributed by atoms with Crippen LogP contribution < -0.4 is 10.9 Å². The van der Waals surface area contributed by atoms with Crippen LogP contribution in [0.3, 0.4) is 0 Å². The molecular weight excluding hydrogens is 405 g/mol. The van der Waals surface area contributed by atoms with Crippen molar-refractivity contribution in [1.82, 2.24) is 19.6 Å². The lowest BCUT2D eigenvalue weighted by Gasteiger charge is -2.17. The lowest BCUT2D eigenvalue weighted by molar-refractivity contribution is 0.627. The zero-order chi connectivity index (χ0) is 21.3. The van der Waals surface area contributed by atoms with Crippen LogP contribution in [0.25, 0.3) is 11.4 Å². The minimum Gasteiger partial charge on any atom is -0.376 e. The molecule has 1 atom stereocenters. The predicted molar refractivity (Wildman–Crippen MR) is 115 cm³/mol. The van der Waals surface area contributed by atoms with Crippen LogP contribution in [-0.2, 0) is 0 Å². The monoisotopic (exact) mass is 423 g/mol. The van der Waals surface area contributed by atoms with Gasteiger partial charge in [0.2, 0.25) is 0 Å². The van der Waals surface area contributed by atoms with Crippen molar-refractivity contribution in [2.24, 2.45) is 0 Å². The lowest BCUT2D eigenvalue weighted by Crippen LogP contribution is -2.23. The van der Waals surface area contributed by atoms with Crippen LogP contribution in [-0.4, -0.2) is 19.6 Å². The third-order valence-corrected chi connectivity index (χ3v) is 5.24. The molecule has 0 bridgehead atoms. The van der Waals surface area contributed by atoms with Gasteiger partial charge in [-0.3, -0.25) is 4.79 Å². The molecule has 0 fully saturated rings. The molecule has 0 aliphatic heterocycles. The fourth-order valence-electron chi connectivity index (χ4n) is 3.29. The van der Waals surface area contributed by atoms with Crippen molar-refractivity contribution in [1.29, 1.82) is 0 Å². The highest BCUT2D eigenvalue weighted by Gasteiger charge is 2.17. The van der Waals surface area contributed by atoms with Gasteiger partial charge in [-0.1, -0.05) is 29.8 Å². The highest BCUT2D eigenvalue weighted by atomic mass is 35.5. The zero-order valence-electron chi connectivity index (χ0n) is 16.4. The fraction of sp³-hybridized carbons (Fsp3) is 0.136. The van der Waals surface area contributed by atoms with Gasteiger partial charge in [0.05, 0.1) is 35.5 Å². The summed E-state index contributed by atoms with van der Waals surface area (Å²) in [4.78, 5) is 12.7. The normalized spacial score (nSPS) is 12.0. The van der Waals surface area contributed by atoms with Gasteiger partial charge < -0.3 is 5.32 Å². The molecule has 1 N–H and O–H groups in total. The van der Waals surface area contributed by atoms with Gasteiger partial charge in [0.25, 0.3) is 5.56 Å². The molecule has 4 aromatic rings. The highest BCUT2D eigenvalue weighted by molar-refractivity contribution is 6.33. The van der Waals surface area contributed by atoms with Gasteiger partial charge in [0.1, 0.15) is 10.8 Å². The number of nitrogens with zero attached hydrogens (tertiary/aromatic N) is 4. The van der Waals surface area contributed by atoms with Gasteiger partial charge in [0.15, 0.2) is 0 Å². The Labute approximate surface area is 177 Å². The number of hydrogen-bond donors (Lipinski definition) is 1. The summed E-state index contributed by atoms with van der Waals surface area (Å²) in [6, 6.07) is 15.0. The molecule has 0 saturated carbocycles. The molecule has 4 rings (SSSR count). The third-order valence-electron chi connectivity index (χ3n) is 4.88. The minimum absolute atomic E-state index is 0.0595. The van der Waals surface area contributed by atoms with Gasteiger partial charge in [-0.25, -0.2) is 9.07 Å². The molecule has 8 heteroatoms. The van der Waals surface area contributed by atoms with Crippen molar-refractivity contribution in [2.45, 2.75) is 19.9 Å². The van der Waals surface area contributed by atoms with Crippen molar-refractivity contribution >= 4 is 17.3 Å². The Morgan fingerprint density at radius 3 is 2.30 bits per heavy atom. The van der Waals surface area contributed by atoms with E-state index in [1.165, 1.54) is 23.0 Å². The van der Waals surface area contributed by atoms with E-state index >= 15 is 0 Å². The number of nitrogens with one attached hydrogen (secondary N) is 1. The summed E-state index contributed by atoms with van der Waals surface area (Å²) < 4.78 is 16.2. The first-order chi connectivity index (χ1) is 14.5. The summed E-state index contributed by atoms with van der Waals surface area (Å²) in [5.74, 6) is -0.300. The quantitative estimate of drug-likeness (QED) is 0.505. The molecule has 30 heavy (non-hydrogen) atoms. The number of benzene rings is 2. The van der Waals surface area contributed by atoms with Gasteiger partial charge in [0, 0.05) is 11.3 Å². The van der Waals surface area contributed by atoms with E-state index in [9.17, 15) is 9.18 Å².